The number of rotatable bonds is 1. The first-order valence-electron chi connectivity index (χ1n) is 4.29. The van der Waals surface area contributed by atoms with Gasteiger partial charge < -0.3 is 5.11 Å². The molecule has 1 saturated carbocycles. The Kier molecular flexibility index (Phi) is 1.73. The van der Waals surface area contributed by atoms with Gasteiger partial charge in [0.25, 0.3) is 0 Å². The quantitative estimate of drug-likeness (QED) is 0.723. The van der Waals surface area contributed by atoms with Crippen molar-refractivity contribution in [3.05, 3.63) is 16.6 Å². The van der Waals surface area contributed by atoms with Crippen LogP contribution in [0, 0.1) is 12.8 Å². The van der Waals surface area contributed by atoms with E-state index in [9.17, 15) is 5.11 Å². The zero-order valence-corrected chi connectivity index (χ0v) is 8.19. The minimum Gasteiger partial charge on any atom is -0.384 e. The van der Waals surface area contributed by atoms with E-state index in [0.29, 0.717) is 5.92 Å². The monoisotopic (exact) mass is 183 g/mol. The molecule has 1 aliphatic carbocycles. The van der Waals surface area contributed by atoms with Gasteiger partial charge >= 0.3 is 0 Å². The average molecular weight is 183 g/mol. The second-order valence-corrected chi connectivity index (χ2v) is 4.50. The van der Waals surface area contributed by atoms with Gasteiger partial charge in [0.05, 0.1) is 10.6 Å². The highest BCUT2D eigenvalue weighted by Crippen LogP contribution is 2.47. The molecule has 1 aromatic heterocycles. The molecule has 2 rings (SSSR count). The fourth-order valence-corrected chi connectivity index (χ4v) is 2.62. The number of hydrogen-bond acceptors (Lipinski definition) is 3. The molecule has 1 aromatic rings. The molecule has 2 nitrogen and oxygen atoms in total. The zero-order valence-electron chi connectivity index (χ0n) is 7.37. The molecule has 3 heteroatoms. The number of hydrogen-bond donors (Lipinski definition) is 1. The predicted octanol–water partition coefficient (Wildman–Crippen LogP) is 2.07. The molecule has 1 heterocycles. The van der Waals surface area contributed by atoms with Gasteiger partial charge in [-0.2, -0.15) is 4.37 Å². The zero-order chi connectivity index (χ0) is 8.77. The second-order valence-electron chi connectivity index (χ2n) is 3.70. The van der Waals surface area contributed by atoms with E-state index >= 15 is 0 Å². The van der Waals surface area contributed by atoms with Crippen molar-refractivity contribution in [1.29, 1.82) is 0 Å². The summed E-state index contributed by atoms with van der Waals surface area (Å²) in [6.45, 7) is 4.06. The molecule has 1 aliphatic rings. The lowest BCUT2D eigenvalue weighted by Crippen LogP contribution is -2.41. The summed E-state index contributed by atoms with van der Waals surface area (Å²) in [5.74, 6) is 0.400. The molecule has 0 bridgehead atoms. The van der Waals surface area contributed by atoms with E-state index in [2.05, 4.69) is 11.3 Å². The highest BCUT2D eigenvalue weighted by Gasteiger charge is 2.44. The first-order chi connectivity index (χ1) is 5.63. The summed E-state index contributed by atoms with van der Waals surface area (Å²) in [4.78, 5) is 1.04. The van der Waals surface area contributed by atoms with E-state index in [0.717, 1.165) is 23.4 Å². The smallest absolute Gasteiger partial charge is 0.103 e. The molecule has 2 unspecified atom stereocenters. The molecule has 12 heavy (non-hydrogen) atoms. The molecule has 1 fully saturated rings. The standard InChI is InChI=1S/C9H13NOS/c1-6-3-4-9(6,11)8-5-7(2)10-12-8/h5-6,11H,3-4H2,1-2H3. The van der Waals surface area contributed by atoms with Crippen LogP contribution in [0.25, 0.3) is 0 Å². The van der Waals surface area contributed by atoms with Gasteiger partial charge in [-0.05, 0) is 43.3 Å². The number of nitrogens with zero attached hydrogens (tertiary/aromatic N) is 1. The van der Waals surface area contributed by atoms with E-state index in [4.69, 9.17) is 0 Å². The summed E-state index contributed by atoms with van der Waals surface area (Å²) in [6, 6.07) is 2.00. The molecule has 0 amide bonds. The summed E-state index contributed by atoms with van der Waals surface area (Å²) in [5.41, 5.74) is 0.467. The lowest BCUT2D eigenvalue weighted by Gasteiger charge is -2.42. The number of aryl methyl sites for hydroxylation is 1. The van der Waals surface area contributed by atoms with Crippen molar-refractivity contribution in [3.63, 3.8) is 0 Å². The number of aromatic nitrogens is 1. The Morgan fingerprint density at radius 3 is 2.83 bits per heavy atom. The van der Waals surface area contributed by atoms with Crippen molar-refractivity contribution in [3.8, 4) is 0 Å². The van der Waals surface area contributed by atoms with E-state index in [1.54, 1.807) is 0 Å². The largest absolute Gasteiger partial charge is 0.384 e. The van der Waals surface area contributed by atoms with Gasteiger partial charge in [0, 0.05) is 0 Å². The third-order valence-corrected chi connectivity index (χ3v) is 3.88. The van der Waals surface area contributed by atoms with Gasteiger partial charge in [-0.3, -0.25) is 0 Å². The van der Waals surface area contributed by atoms with Crippen LogP contribution >= 0.6 is 11.5 Å². The fourth-order valence-electron chi connectivity index (χ4n) is 1.64. The lowest BCUT2D eigenvalue weighted by atomic mass is 9.70. The summed E-state index contributed by atoms with van der Waals surface area (Å²) < 4.78 is 4.18. The Bertz CT molecular complexity index is 296. The van der Waals surface area contributed by atoms with Crippen LogP contribution in [0.2, 0.25) is 0 Å². The second kappa shape index (κ2) is 2.54. The fraction of sp³-hybridized carbons (Fsp3) is 0.667. The van der Waals surface area contributed by atoms with Crippen LogP contribution in [-0.4, -0.2) is 9.48 Å². The Morgan fingerprint density at radius 1 is 1.75 bits per heavy atom. The van der Waals surface area contributed by atoms with Crippen molar-refractivity contribution >= 4 is 11.5 Å². The molecule has 2 atom stereocenters. The van der Waals surface area contributed by atoms with Crippen LogP contribution in [0.3, 0.4) is 0 Å². The third-order valence-electron chi connectivity index (χ3n) is 2.83. The molecular weight excluding hydrogens is 170 g/mol. The van der Waals surface area contributed by atoms with E-state index in [-0.39, 0.29) is 0 Å². The predicted molar refractivity (Wildman–Crippen MR) is 49.1 cm³/mol. The maximum Gasteiger partial charge on any atom is 0.103 e. The molecule has 0 radical (unpaired) electrons. The average Bonchev–Trinajstić information content (AvgIpc) is 2.47. The first kappa shape index (κ1) is 8.20. The highest BCUT2D eigenvalue weighted by molar-refractivity contribution is 7.06. The van der Waals surface area contributed by atoms with Crippen molar-refractivity contribution in [2.45, 2.75) is 32.3 Å². The van der Waals surface area contributed by atoms with Gasteiger partial charge in [-0.15, -0.1) is 0 Å². The Labute approximate surface area is 76.4 Å². The Hall–Kier alpha value is -0.410. The maximum atomic E-state index is 10.1. The van der Waals surface area contributed by atoms with Crippen LogP contribution in [0.5, 0.6) is 0 Å². The maximum absolute atomic E-state index is 10.1. The number of aliphatic hydroxyl groups is 1. The Morgan fingerprint density at radius 2 is 2.50 bits per heavy atom. The van der Waals surface area contributed by atoms with E-state index < -0.39 is 5.60 Å². The van der Waals surface area contributed by atoms with Crippen LogP contribution < -0.4 is 0 Å². The topological polar surface area (TPSA) is 33.1 Å². The van der Waals surface area contributed by atoms with Crippen LogP contribution in [0.1, 0.15) is 30.3 Å². The molecule has 0 spiro atoms. The summed E-state index contributed by atoms with van der Waals surface area (Å²) in [6.07, 6.45) is 2.03. The molecule has 0 aliphatic heterocycles. The third kappa shape index (κ3) is 1.00. The van der Waals surface area contributed by atoms with Crippen LogP contribution in [0.15, 0.2) is 6.07 Å². The van der Waals surface area contributed by atoms with Crippen LogP contribution in [-0.2, 0) is 5.60 Å². The molecule has 1 N–H and O–H groups in total. The van der Waals surface area contributed by atoms with Gasteiger partial charge in [0.1, 0.15) is 5.60 Å². The van der Waals surface area contributed by atoms with Gasteiger partial charge in [-0.25, -0.2) is 0 Å². The first-order valence-corrected chi connectivity index (χ1v) is 5.06. The normalized spacial score (nSPS) is 34.8. The Balaban J connectivity index is 2.30. The van der Waals surface area contributed by atoms with Gasteiger partial charge in [0.2, 0.25) is 0 Å². The van der Waals surface area contributed by atoms with Gasteiger partial charge in [-0.1, -0.05) is 6.92 Å². The lowest BCUT2D eigenvalue weighted by molar-refractivity contribution is -0.0900. The van der Waals surface area contributed by atoms with Crippen molar-refractivity contribution < 1.29 is 5.11 Å². The molecular formula is C9H13NOS. The molecule has 66 valence electrons. The van der Waals surface area contributed by atoms with Crippen LogP contribution in [0.4, 0.5) is 0 Å². The minimum atomic E-state index is -0.550. The summed E-state index contributed by atoms with van der Waals surface area (Å²) in [5, 5.41) is 10.1. The van der Waals surface area contributed by atoms with Crippen molar-refractivity contribution in [1.82, 2.24) is 4.37 Å². The minimum absolute atomic E-state index is 0.400. The van der Waals surface area contributed by atoms with E-state index in [1.807, 2.05) is 13.0 Å². The van der Waals surface area contributed by atoms with Crippen molar-refractivity contribution in [2.75, 3.05) is 0 Å². The molecule has 0 aromatic carbocycles. The van der Waals surface area contributed by atoms with E-state index in [1.165, 1.54) is 11.5 Å². The SMILES string of the molecule is Cc1cc(C2(O)CCC2C)sn1. The van der Waals surface area contributed by atoms with Crippen molar-refractivity contribution in [2.24, 2.45) is 5.92 Å². The highest BCUT2D eigenvalue weighted by atomic mass is 32.1. The van der Waals surface area contributed by atoms with Gasteiger partial charge in [0.15, 0.2) is 0 Å². The molecule has 0 saturated heterocycles. The summed E-state index contributed by atoms with van der Waals surface area (Å²) >= 11 is 1.44. The summed E-state index contributed by atoms with van der Waals surface area (Å²) in [7, 11) is 0.